The number of nitrogen functional groups attached to an aromatic ring is 1. The molecule has 2 fully saturated rings. The SMILES string of the molecule is CCCCSc1nc(N)cc(N2CCC(N3CCN(CC)CC3)CC2)n1. The Balaban J connectivity index is 1.53. The fourth-order valence-electron chi connectivity index (χ4n) is 3.87. The molecular formula is C19H34N6S. The van der Waals surface area contributed by atoms with Crippen LogP contribution in [0.4, 0.5) is 11.6 Å². The number of likely N-dealkylation sites (N-methyl/N-ethyl adjacent to an activating group) is 1. The van der Waals surface area contributed by atoms with E-state index >= 15 is 0 Å². The number of hydrogen-bond donors (Lipinski definition) is 1. The maximum Gasteiger partial charge on any atom is 0.191 e. The van der Waals surface area contributed by atoms with Gasteiger partial charge in [-0.05, 0) is 25.8 Å². The minimum atomic E-state index is 0.590. The predicted molar refractivity (Wildman–Crippen MR) is 111 cm³/mol. The molecule has 0 atom stereocenters. The van der Waals surface area contributed by atoms with Gasteiger partial charge in [0.25, 0.3) is 0 Å². The standard InChI is InChI=1S/C19H34N6S/c1-3-5-14-26-19-21-17(20)15-18(22-19)25-8-6-16(7-9-25)24-12-10-23(4-2)11-13-24/h15-16H,3-14H2,1-2H3,(H2,20,21,22). The van der Waals surface area contributed by atoms with Crippen LogP contribution in [0.15, 0.2) is 11.2 Å². The van der Waals surface area contributed by atoms with Gasteiger partial charge in [0.05, 0.1) is 0 Å². The third-order valence-electron chi connectivity index (χ3n) is 5.60. The number of anilines is 2. The summed E-state index contributed by atoms with van der Waals surface area (Å²) < 4.78 is 0. The van der Waals surface area contributed by atoms with Crippen LogP contribution in [0.2, 0.25) is 0 Å². The lowest BCUT2D eigenvalue weighted by atomic mass is 10.0. The second-order valence-corrected chi connectivity index (χ2v) is 8.39. The van der Waals surface area contributed by atoms with Crippen molar-refractivity contribution in [2.45, 2.75) is 50.7 Å². The lowest BCUT2D eigenvalue weighted by Crippen LogP contribution is -2.53. The van der Waals surface area contributed by atoms with Crippen molar-refractivity contribution in [1.29, 1.82) is 0 Å². The third kappa shape index (κ3) is 5.24. The molecule has 0 aliphatic carbocycles. The number of hydrogen-bond acceptors (Lipinski definition) is 7. The summed E-state index contributed by atoms with van der Waals surface area (Å²) >= 11 is 1.72. The molecule has 146 valence electrons. The summed E-state index contributed by atoms with van der Waals surface area (Å²) in [6.45, 7) is 12.7. The molecule has 1 aromatic heterocycles. The summed E-state index contributed by atoms with van der Waals surface area (Å²) in [7, 11) is 0. The van der Waals surface area contributed by atoms with E-state index in [9.17, 15) is 0 Å². The van der Waals surface area contributed by atoms with Gasteiger partial charge in [0.2, 0.25) is 0 Å². The van der Waals surface area contributed by atoms with Crippen LogP contribution in [0.25, 0.3) is 0 Å². The average Bonchev–Trinajstić information content (AvgIpc) is 2.68. The molecule has 2 saturated heterocycles. The second kappa shape index (κ2) is 9.76. The van der Waals surface area contributed by atoms with Crippen molar-refractivity contribution in [1.82, 2.24) is 19.8 Å². The van der Waals surface area contributed by atoms with Crippen molar-refractivity contribution in [2.24, 2.45) is 0 Å². The molecule has 3 rings (SSSR count). The summed E-state index contributed by atoms with van der Waals surface area (Å²) in [4.78, 5) is 16.8. The Morgan fingerprint density at radius 1 is 1.08 bits per heavy atom. The van der Waals surface area contributed by atoms with Crippen molar-refractivity contribution in [3.8, 4) is 0 Å². The summed E-state index contributed by atoms with van der Waals surface area (Å²) in [6.07, 6.45) is 4.82. The fourth-order valence-corrected chi connectivity index (χ4v) is 4.81. The Bertz CT molecular complexity index is 553. The van der Waals surface area contributed by atoms with Gasteiger partial charge in [-0.3, -0.25) is 4.90 Å². The first-order valence-electron chi connectivity index (χ1n) is 10.2. The highest BCUT2D eigenvalue weighted by Crippen LogP contribution is 2.25. The number of piperazine rings is 1. The van der Waals surface area contributed by atoms with Crippen molar-refractivity contribution >= 4 is 23.4 Å². The Labute approximate surface area is 162 Å². The number of unbranched alkanes of at least 4 members (excludes halogenated alkanes) is 1. The van der Waals surface area contributed by atoms with Crippen molar-refractivity contribution < 1.29 is 0 Å². The molecule has 0 aromatic carbocycles. The number of piperidine rings is 1. The van der Waals surface area contributed by atoms with E-state index in [4.69, 9.17) is 10.7 Å². The Hall–Kier alpha value is -1.05. The molecule has 7 heteroatoms. The quantitative estimate of drug-likeness (QED) is 0.444. The van der Waals surface area contributed by atoms with Crippen LogP contribution >= 0.6 is 11.8 Å². The number of rotatable bonds is 7. The number of thioether (sulfide) groups is 1. The van der Waals surface area contributed by atoms with Gasteiger partial charge in [-0.1, -0.05) is 32.0 Å². The minimum absolute atomic E-state index is 0.590. The van der Waals surface area contributed by atoms with E-state index in [2.05, 4.69) is 33.5 Å². The second-order valence-electron chi connectivity index (χ2n) is 7.32. The largest absolute Gasteiger partial charge is 0.383 e. The molecular weight excluding hydrogens is 344 g/mol. The van der Waals surface area contributed by atoms with Crippen LogP contribution in [0.3, 0.4) is 0 Å². The van der Waals surface area contributed by atoms with Crippen LogP contribution in [-0.4, -0.2) is 77.4 Å². The van der Waals surface area contributed by atoms with Gasteiger partial charge >= 0.3 is 0 Å². The number of nitrogens with two attached hydrogens (primary N) is 1. The van der Waals surface area contributed by atoms with Gasteiger partial charge in [-0.15, -0.1) is 0 Å². The molecule has 0 saturated carbocycles. The van der Waals surface area contributed by atoms with Crippen molar-refractivity contribution in [3.05, 3.63) is 6.07 Å². The van der Waals surface area contributed by atoms with E-state index in [1.54, 1.807) is 11.8 Å². The normalized spacial score (nSPS) is 20.6. The van der Waals surface area contributed by atoms with Crippen LogP contribution in [0.5, 0.6) is 0 Å². The highest BCUT2D eigenvalue weighted by atomic mass is 32.2. The van der Waals surface area contributed by atoms with E-state index in [0.29, 0.717) is 5.82 Å². The summed E-state index contributed by atoms with van der Waals surface area (Å²) in [5.41, 5.74) is 6.04. The maximum atomic E-state index is 6.04. The topological polar surface area (TPSA) is 61.5 Å². The van der Waals surface area contributed by atoms with Gasteiger partial charge in [0, 0.05) is 57.1 Å². The zero-order chi connectivity index (χ0) is 18.4. The molecule has 6 nitrogen and oxygen atoms in total. The molecule has 0 amide bonds. The van der Waals surface area contributed by atoms with Crippen LogP contribution < -0.4 is 10.6 Å². The van der Waals surface area contributed by atoms with Crippen LogP contribution in [0, 0.1) is 0 Å². The summed E-state index contributed by atoms with van der Waals surface area (Å²) in [5.74, 6) is 2.66. The monoisotopic (exact) mass is 378 g/mol. The molecule has 2 aliphatic rings. The zero-order valence-corrected chi connectivity index (χ0v) is 17.2. The van der Waals surface area contributed by atoms with Gasteiger partial charge in [-0.25, -0.2) is 9.97 Å². The van der Waals surface area contributed by atoms with Crippen molar-refractivity contribution in [3.63, 3.8) is 0 Å². The lowest BCUT2D eigenvalue weighted by Gasteiger charge is -2.42. The van der Waals surface area contributed by atoms with E-state index in [1.165, 1.54) is 58.4 Å². The third-order valence-corrected chi connectivity index (χ3v) is 6.53. The summed E-state index contributed by atoms with van der Waals surface area (Å²) in [5, 5.41) is 0.825. The Kier molecular flexibility index (Phi) is 7.40. The maximum absolute atomic E-state index is 6.04. The molecule has 0 radical (unpaired) electrons. The first-order valence-corrected chi connectivity index (χ1v) is 11.2. The molecule has 26 heavy (non-hydrogen) atoms. The molecule has 3 heterocycles. The van der Waals surface area contributed by atoms with E-state index in [-0.39, 0.29) is 0 Å². The highest BCUT2D eigenvalue weighted by Gasteiger charge is 2.27. The predicted octanol–water partition coefficient (Wildman–Crippen LogP) is 2.56. The molecule has 0 spiro atoms. The first-order chi connectivity index (χ1) is 12.7. The average molecular weight is 379 g/mol. The van der Waals surface area contributed by atoms with E-state index in [1.807, 2.05) is 6.07 Å². The lowest BCUT2D eigenvalue weighted by molar-refractivity contribution is 0.0877. The van der Waals surface area contributed by atoms with Gasteiger partial charge in [0.15, 0.2) is 5.16 Å². The number of nitrogens with zero attached hydrogens (tertiary/aromatic N) is 5. The fraction of sp³-hybridized carbons (Fsp3) is 0.789. The Morgan fingerprint density at radius 2 is 1.81 bits per heavy atom. The van der Waals surface area contributed by atoms with E-state index < -0.39 is 0 Å². The summed E-state index contributed by atoms with van der Waals surface area (Å²) in [6, 6.07) is 2.66. The molecule has 0 unspecified atom stereocenters. The Morgan fingerprint density at radius 3 is 2.46 bits per heavy atom. The molecule has 0 bridgehead atoms. The minimum Gasteiger partial charge on any atom is -0.383 e. The smallest absolute Gasteiger partial charge is 0.191 e. The van der Waals surface area contributed by atoms with E-state index in [0.717, 1.165) is 35.9 Å². The molecule has 2 N–H and O–H groups in total. The number of aromatic nitrogens is 2. The molecule has 1 aromatic rings. The zero-order valence-electron chi connectivity index (χ0n) is 16.4. The molecule has 2 aliphatic heterocycles. The van der Waals surface area contributed by atoms with Crippen molar-refractivity contribution in [2.75, 3.05) is 62.2 Å². The van der Waals surface area contributed by atoms with Gasteiger partial charge in [-0.2, -0.15) is 0 Å². The van der Waals surface area contributed by atoms with Crippen LogP contribution in [0.1, 0.15) is 39.5 Å². The van der Waals surface area contributed by atoms with Gasteiger partial charge < -0.3 is 15.5 Å². The van der Waals surface area contributed by atoms with Gasteiger partial charge in [0.1, 0.15) is 11.6 Å². The highest BCUT2D eigenvalue weighted by molar-refractivity contribution is 7.99. The first kappa shape index (κ1) is 19.7. The van der Waals surface area contributed by atoms with Crippen LogP contribution in [-0.2, 0) is 0 Å².